The molecular formula is C12H13NO2. The third kappa shape index (κ3) is 1.16. The van der Waals surface area contributed by atoms with Crippen molar-refractivity contribution in [2.45, 2.75) is 13.2 Å². The minimum Gasteiger partial charge on any atom is -0.494 e. The van der Waals surface area contributed by atoms with Crippen LogP contribution in [0.4, 0.5) is 0 Å². The van der Waals surface area contributed by atoms with Gasteiger partial charge in [0.15, 0.2) is 0 Å². The lowest BCUT2D eigenvalue weighted by atomic mass is 10.2. The van der Waals surface area contributed by atoms with E-state index in [9.17, 15) is 0 Å². The third-order valence-electron chi connectivity index (χ3n) is 2.93. The molecule has 3 nitrogen and oxygen atoms in total. The van der Waals surface area contributed by atoms with Gasteiger partial charge in [-0.3, -0.25) is 0 Å². The molecule has 0 spiro atoms. The van der Waals surface area contributed by atoms with Gasteiger partial charge in [0.1, 0.15) is 5.75 Å². The Morgan fingerprint density at radius 2 is 2.20 bits per heavy atom. The standard InChI is InChI=1S/C12H13NO2/c1-14-12-9-4-2-3-5-10(9)13-6-7-15-8-11(12)13/h2-5H,6-8H2,1H3. The van der Waals surface area contributed by atoms with Gasteiger partial charge < -0.3 is 14.0 Å². The second-order valence-corrected chi connectivity index (χ2v) is 3.70. The first-order valence-corrected chi connectivity index (χ1v) is 5.13. The molecule has 78 valence electrons. The van der Waals surface area contributed by atoms with Crippen molar-refractivity contribution in [1.82, 2.24) is 4.57 Å². The van der Waals surface area contributed by atoms with Crippen LogP contribution in [-0.4, -0.2) is 18.3 Å². The number of ether oxygens (including phenoxy) is 2. The number of methoxy groups -OCH3 is 1. The Hall–Kier alpha value is -1.48. The van der Waals surface area contributed by atoms with Gasteiger partial charge in [-0.1, -0.05) is 12.1 Å². The fourth-order valence-corrected chi connectivity index (χ4v) is 2.28. The van der Waals surface area contributed by atoms with Crippen LogP contribution in [0, 0.1) is 0 Å². The molecular weight excluding hydrogens is 190 g/mol. The molecule has 0 saturated carbocycles. The van der Waals surface area contributed by atoms with Crippen LogP contribution in [-0.2, 0) is 17.9 Å². The zero-order valence-corrected chi connectivity index (χ0v) is 8.69. The van der Waals surface area contributed by atoms with E-state index in [2.05, 4.69) is 22.8 Å². The monoisotopic (exact) mass is 203 g/mol. The first-order chi connectivity index (χ1) is 7.42. The van der Waals surface area contributed by atoms with Gasteiger partial charge in [-0.2, -0.15) is 0 Å². The van der Waals surface area contributed by atoms with Crippen LogP contribution < -0.4 is 4.74 Å². The van der Waals surface area contributed by atoms with E-state index in [1.165, 1.54) is 10.9 Å². The Balaban J connectivity index is 2.37. The van der Waals surface area contributed by atoms with Gasteiger partial charge in [-0.15, -0.1) is 0 Å². The van der Waals surface area contributed by atoms with Gasteiger partial charge in [-0.25, -0.2) is 0 Å². The van der Waals surface area contributed by atoms with Crippen LogP contribution in [0.2, 0.25) is 0 Å². The molecule has 1 aliphatic rings. The number of benzene rings is 1. The minimum atomic E-state index is 0.651. The van der Waals surface area contributed by atoms with Crippen LogP contribution in [0.3, 0.4) is 0 Å². The number of nitrogens with zero attached hydrogens (tertiary/aromatic N) is 1. The third-order valence-corrected chi connectivity index (χ3v) is 2.93. The van der Waals surface area contributed by atoms with Crippen molar-refractivity contribution in [2.75, 3.05) is 13.7 Å². The number of para-hydroxylation sites is 1. The Morgan fingerprint density at radius 3 is 3.07 bits per heavy atom. The zero-order chi connectivity index (χ0) is 10.3. The molecule has 0 unspecified atom stereocenters. The van der Waals surface area contributed by atoms with Crippen molar-refractivity contribution in [1.29, 1.82) is 0 Å². The van der Waals surface area contributed by atoms with Crippen molar-refractivity contribution >= 4 is 10.9 Å². The fourth-order valence-electron chi connectivity index (χ4n) is 2.28. The Kier molecular flexibility index (Phi) is 1.92. The highest BCUT2D eigenvalue weighted by Crippen LogP contribution is 2.34. The molecule has 0 amide bonds. The lowest BCUT2D eigenvalue weighted by Gasteiger charge is -2.17. The summed E-state index contributed by atoms with van der Waals surface area (Å²) >= 11 is 0. The van der Waals surface area contributed by atoms with Crippen LogP contribution in [0.15, 0.2) is 24.3 Å². The summed E-state index contributed by atoms with van der Waals surface area (Å²) in [5, 5.41) is 1.18. The summed E-state index contributed by atoms with van der Waals surface area (Å²) in [5.41, 5.74) is 2.40. The fraction of sp³-hybridized carbons (Fsp3) is 0.333. The second kappa shape index (κ2) is 3.28. The van der Waals surface area contributed by atoms with Crippen LogP contribution in [0.5, 0.6) is 5.75 Å². The van der Waals surface area contributed by atoms with E-state index in [-0.39, 0.29) is 0 Å². The van der Waals surface area contributed by atoms with E-state index in [4.69, 9.17) is 9.47 Å². The number of rotatable bonds is 1. The number of hydrogen-bond acceptors (Lipinski definition) is 2. The molecule has 1 aliphatic heterocycles. The summed E-state index contributed by atoms with van der Waals surface area (Å²) in [7, 11) is 1.72. The van der Waals surface area contributed by atoms with Crippen molar-refractivity contribution in [3.63, 3.8) is 0 Å². The summed E-state index contributed by atoms with van der Waals surface area (Å²) in [6.45, 7) is 2.35. The lowest BCUT2D eigenvalue weighted by molar-refractivity contribution is 0.0842. The molecule has 0 atom stereocenters. The van der Waals surface area contributed by atoms with Crippen LogP contribution >= 0.6 is 0 Å². The summed E-state index contributed by atoms with van der Waals surface area (Å²) in [4.78, 5) is 0. The van der Waals surface area contributed by atoms with Gasteiger partial charge in [0.2, 0.25) is 0 Å². The molecule has 0 N–H and O–H groups in total. The molecule has 3 rings (SSSR count). The van der Waals surface area contributed by atoms with Crippen molar-refractivity contribution in [2.24, 2.45) is 0 Å². The molecule has 0 saturated heterocycles. The molecule has 1 aromatic carbocycles. The highest BCUT2D eigenvalue weighted by Gasteiger charge is 2.19. The van der Waals surface area contributed by atoms with Crippen molar-refractivity contribution in [3.8, 4) is 5.75 Å². The Bertz CT molecular complexity index is 469. The molecule has 2 heterocycles. The maximum Gasteiger partial charge on any atom is 0.150 e. The largest absolute Gasteiger partial charge is 0.494 e. The van der Waals surface area contributed by atoms with E-state index in [0.29, 0.717) is 6.61 Å². The number of aromatic nitrogens is 1. The van der Waals surface area contributed by atoms with Gasteiger partial charge >= 0.3 is 0 Å². The molecule has 0 aliphatic carbocycles. The minimum absolute atomic E-state index is 0.651. The van der Waals surface area contributed by atoms with E-state index in [1.807, 2.05) is 6.07 Å². The van der Waals surface area contributed by atoms with E-state index in [0.717, 1.165) is 24.6 Å². The average Bonchev–Trinajstić information content (AvgIpc) is 2.63. The SMILES string of the molecule is COc1c2n(c3ccccc13)CCOC2. The van der Waals surface area contributed by atoms with Crippen molar-refractivity contribution in [3.05, 3.63) is 30.0 Å². The van der Waals surface area contributed by atoms with Gasteiger partial charge in [0.05, 0.1) is 31.5 Å². The van der Waals surface area contributed by atoms with Crippen molar-refractivity contribution < 1.29 is 9.47 Å². The van der Waals surface area contributed by atoms with Gasteiger partial charge in [-0.05, 0) is 12.1 Å². The summed E-state index contributed by atoms with van der Waals surface area (Å²) in [5.74, 6) is 0.963. The summed E-state index contributed by atoms with van der Waals surface area (Å²) < 4.78 is 13.2. The van der Waals surface area contributed by atoms with E-state index >= 15 is 0 Å². The van der Waals surface area contributed by atoms with Gasteiger partial charge in [0, 0.05) is 11.9 Å². The molecule has 0 radical (unpaired) electrons. The smallest absolute Gasteiger partial charge is 0.150 e. The Morgan fingerprint density at radius 1 is 1.33 bits per heavy atom. The van der Waals surface area contributed by atoms with Gasteiger partial charge in [0.25, 0.3) is 0 Å². The summed E-state index contributed by atoms with van der Waals surface area (Å²) in [6.07, 6.45) is 0. The first-order valence-electron chi connectivity index (χ1n) is 5.13. The maximum absolute atomic E-state index is 5.47. The zero-order valence-electron chi connectivity index (χ0n) is 8.69. The molecule has 3 heteroatoms. The van der Waals surface area contributed by atoms with Crippen LogP contribution in [0.25, 0.3) is 10.9 Å². The van der Waals surface area contributed by atoms with E-state index in [1.54, 1.807) is 7.11 Å². The highest BCUT2D eigenvalue weighted by atomic mass is 16.5. The average molecular weight is 203 g/mol. The highest BCUT2D eigenvalue weighted by molar-refractivity contribution is 5.88. The lowest BCUT2D eigenvalue weighted by Crippen LogP contribution is -2.16. The molecule has 15 heavy (non-hydrogen) atoms. The molecule has 1 aromatic heterocycles. The quantitative estimate of drug-likeness (QED) is 0.709. The maximum atomic E-state index is 5.47. The molecule has 0 fully saturated rings. The predicted molar refractivity (Wildman–Crippen MR) is 58.1 cm³/mol. The van der Waals surface area contributed by atoms with E-state index < -0.39 is 0 Å². The number of fused-ring (bicyclic) bond motifs is 3. The molecule has 0 bridgehead atoms. The topological polar surface area (TPSA) is 23.4 Å². The molecule has 2 aromatic rings. The number of hydrogen-bond donors (Lipinski definition) is 0. The normalized spacial score (nSPS) is 15.3. The predicted octanol–water partition coefficient (Wildman–Crippen LogP) is 2.18. The Labute approximate surface area is 88.2 Å². The second-order valence-electron chi connectivity index (χ2n) is 3.70. The first kappa shape index (κ1) is 8.80. The van der Waals surface area contributed by atoms with Crippen LogP contribution in [0.1, 0.15) is 5.69 Å². The summed E-state index contributed by atoms with van der Waals surface area (Å²) in [6, 6.07) is 8.33.